The maximum absolute atomic E-state index is 11.5. The molecule has 0 saturated carbocycles. The van der Waals surface area contributed by atoms with Gasteiger partial charge in [0.15, 0.2) is 0 Å². The fraction of sp³-hybridized carbons (Fsp3) is 0. The molecular formula is C14H7BrClNO2S. The van der Waals surface area contributed by atoms with E-state index in [1.54, 1.807) is 24.3 Å². The van der Waals surface area contributed by atoms with Gasteiger partial charge in [-0.15, -0.1) is 11.3 Å². The number of hydrogen-bond acceptors (Lipinski definition) is 3. The summed E-state index contributed by atoms with van der Waals surface area (Å²) < 4.78 is 1.36. The van der Waals surface area contributed by atoms with Crippen molar-refractivity contribution in [1.29, 1.82) is 0 Å². The Morgan fingerprint density at radius 2 is 2.15 bits per heavy atom. The van der Waals surface area contributed by atoms with Gasteiger partial charge in [0.25, 0.3) is 0 Å². The first-order valence-corrected chi connectivity index (χ1v) is 7.68. The first-order valence-electron chi connectivity index (χ1n) is 5.63. The molecule has 20 heavy (non-hydrogen) atoms. The summed E-state index contributed by atoms with van der Waals surface area (Å²) in [5, 5.41) is 11.9. The van der Waals surface area contributed by atoms with E-state index in [1.807, 2.05) is 11.4 Å². The minimum Gasteiger partial charge on any atom is -0.478 e. The molecule has 2 aromatic heterocycles. The van der Waals surface area contributed by atoms with Gasteiger partial charge in [-0.1, -0.05) is 33.6 Å². The van der Waals surface area contributed by atoms with Gasteiger partial charge in [-0.3, -0.25) is 0 Å². The Balaban J connectivity index is 2.34. The smallest absolute Gasteiger partial charge is 0.336 e. The Labute approximate surface area is 132 Å². The number of benzene rings is 1. The minimum absolute atomic E-state index is 0.222. The molecule has 1 N–H and O–H groups in total. The molecule has 0 bridgehead atoms. The number of thiophene rings is 1. The Morgan fingerprint density at radius 3 is 2.80 bits per heavy atom. The largest absolute Gasteiger partial charge is 0.478 e. The normalized spacial score (nSPS) is 10.9. The highest BCUT2D eigenvalue weighted by molar-refractivity contribution is 9.10. The van der Waals surface area contributed by atoms with Crippen molar-refractivity contribution in [3.63, 3.8) is 0 Å². The van der Waals surface area contributed by atoms with Crippen LogP contribution in [0, 0.1) is 0 Å². The van der Waals surface area contributed by atoms with Gasteiger partial charge in [0.1, 0.15) is 0 Å². The van der Waals surface area contributed by atoms with Crippen LogP contribution in [0.2, 0.25) is 4.34 Å². The van der Waals surface area contributed by atoms with Crippen molar-refractivity contribution in [2.75, 3.05) is 0 Å². The molecular weight excluding hydrogens is 362 g/mol. The summed E-state index contributed by atoms with van der Waals surface area (Å²) in [6, 6.07) is 8.79. The van der Waals surface area contributed by atoms with E-state index in [1.165, 1.54) is 11.3 Å². The van der Waals surface area contributed by atoms with Gasteiger partial charge in [0, 0.05) is 20.8 Å². The number of aromatic nitrogens is 1. The molecule has 100 valence electrons. The Hall–Kier alpha value is -1.43. The third kappa shape index (κ3) is 2.32. The Bertz CT molecular complexity index is 831. The zero-order valence-corrected chi connectivity index (χ0v) is 13.1. The van der Waals surface area contributed by atoms with Crippen molar-refractivity contribution in [3.8, 4) is 11.3 Å². The van der Waals surface area contributed by atoms with Crippen molar-refractivity contribution in [1.82, 2.24) is 4.98 Å². The third-order valence-corrected chi connectivity index (χ3v) is 4.63. The quantitative estimate of drug-likeness (QED) is 0.686. The van der Waals surface area contributed by atoms with Crippen LogP contribution in [0.1, 0.15) is 10.4 Å². The average Bonchev–Trinajstić information content (AvgIpc) is 2.84. The highest BCUT2D eigenvalue weighted by atomic mass is 79.9. The zero-order chi connectivity index (χ0) is 14.3. The van der Waals surface area contributed by atoms with E-state index in [2.05, 4.69) is 20.9 Å². The summed E-state index contributed by atoms with van der Waals surface area (Å²) >= 11 is 10.7. The molecule has 0 aliphatic carbocycles. The van der Waals surface area contributed by atoms with E-state index in [4.69, 9.17) is 11.6 Å². The summed E-state index contributed by atoms with van der Waals surface area (Å²) in [7, 11) is 0. The summed E-state index contributed by atoms with van der Waals surface area (Å²) in [4.78, 5) is 16.0. The number of halogens is 2. The second-order valence-electron chi connectivity index (χ2n) is 4.13. The van der Waals surface area contributed by atoms with Gasteiger partial charge in [-0.05, 0) is 24.3 Å². The lowest BCUT2D eigenvalue weighted by Crippen LogP contribution is -2.00. The molecule has 0 aliphatic heterocycles. The van der Waals surface area contributed by atoms with Crippen molar-refractivity contribution >= 4 is 55.7 Å². The van der Waals surface area contributed by atoms with Gasteiger partial charge < -0.3 is 5.11 Å². The van der Waals surface area contributed by atoms with Crippen LogP contribution in [0.15, 0.2) is 40.2 Å². The highest BCUT2D eigenvalue weighted by Gasteiger charge is 2.15. The lowest BCUT2D eigenvalue weighted by atomic mass is 10.1. The van der Waals surface area contributed by atoms with Crippen LogP contribution in [0.25, 0.3) is 22.2 Å². The van der Waals surface area contributed by atoms with Crippen LogP contribution in [-0.2, 0) is 0 Å². The van der Waals surface area contributed by atoms with E-state index in [0.29, 0.717) is 20.9 Å². The third-order valence-electron chi connectivity index (χ3n) is 2.88. The van der Waals surface area contributed by atoms with Crippen LogP contribution < -0.4 is 0 Å². The van der Waals surface area contributed by atoms with Crippen LogP contribution in [0.3, 0.4) is 0 Å². The molecule has 0 atom stereocenters. The van der Waals surface area contributed by atoms with Crippen molar-refractivity contribution in [3.05, 3.63) is 50.1 Å². The predicted octanol–water partition coefficient (Wildman–Crippen LogP) is 5.08. The van der Waals surface area contributed by atoms with Crippen molar-refractivity contribution in [2.45, 2.75) is 0 Å². The van der Waals surface area contributed by atoms with Gasteiger partial charge >= 0.3 is 5.97 Å². The molecule has 6 heteroatoms. The summed E-state index contributed by atoms with van der Waals surface area (Å²) in [6.07, 6.45) is 0. The summed E-state index contributed by atoms with van der Waals surface area (Å²) in [5.41, 5.74) is 2.29. The molecule has 0 aliphatic rings. The SMILES string of the molecule is O=C(O)c1cc(-c2csc(Cl)c2)nc2cccc(Br)c12. The van der Waals surface area contributed by atoms with Crippen LogP contribution in [-0.4, -0.2) is 16.1 Å². The molecule has 1 aromatic carbocycles. The molecule has 0 unspecified atom stereocenters. The number of carboxylic acids is 1. The summed E-state index contributed by atoms with van der Waals surface area (Å²) in [6.45, 7) is 0. The number of carbonyl (C=O) groups is 1. The highest BCUT2D eigenvalue weighted by Crippen LogP contribution is 2.32. The number of carboxylic acid groups (broad SMARTS) is 1. The first-order chi connectivity index (χ1) is 9.56. The number of nitrogens with zero attached hydrogens (tertiary/aromatic N) is 1. The molecule has 0 spiro atoms. The van der Waals surface area contributed by atoms with Crippen LogP contribution in [0.5, 0.6) is 0 Å². The van der Waals surface area contributed by atoms with Gasteiger partial charge in [-0.2, -0.15) is 0 Å². The standard InChI is InChI=1S/C14H7BrClNO2S/c15-9-2-1-3-10-13(9)8(14(18)19)5-11(17-10)7-4-12(16)20-6-7/h1-6H,(H,18,19). The molecule has 3 rings (SSSR count). The monoisotopic (exact) mass is 367 g/mol. The molecule has 3 aromatic rings. The number of fused-ring (bicyclic) bond motifs is 1. The molecule has 0 fully saturated rings. The predicted molar refractivity (Wildman–Crippen MR) is 84.7 cm³/mol. The molecule has 0 radical (unpaired) electrons. The van der Waals surface area contributed by atoms with E-state index >= 15 is 0 Å². The van der Waals surface area contributed by atoms with Crippen molar-refractivity contribution < 1.29 is 9.90 Å². The number of aromatic carboxylic acids is 1. The zero-order valence-electron chi connectivity index (χ0n) is 9.93. The molecule has 0 saturated heterocycles. The van der Waals surface area contributed by atoms with Gasteiger partial charge in [0.2, 0.25) is 0 Å². The van der Waals surface area contributed by atoms with Gasteiger partial charge in [0.05, 0.1) is 21.1 Å². The maximum atomic E-state index is 11.5. The van der Waals surface area contributed by atoms with E-state index in [-0.39, 0.29) is 5.56 Å². The lowest BCUT2D eigenvalue weighted by Gasteiger charge is -2.07. The lowest BCUT2D eigenvalue weighted by molar-refractivity contribution is 0.0699. The average molecular weight is 369 g/mol. The van der Waals surface area contributed by atoms with E-state index in [0.717, 1.165) is 10.0 Å². The first kappa shape index (κ1) is 13.5. The molecule has 3 nitrogen and oxygen atoms in total. The Morgan fingerprint density at radius 1 is 1.35 bits per heavy atom. The van der Waals surface area contributed by atoms with Gasteiger partial charge in [-0.25, -0.2) is 9.78 Å². The van der Waals surface area contributed by atoms with E-state index in [9.17, 15) is 9.90 Å². The number of pyridine rings is 1. The number of hydrogen-bond donors (Lipinski definition) is 1. The fourth-order valence-electron chi connectivity index (χ4n) is 2.00. The Kier molecular flexibility index (Phi) is 3.50. The van der Waals surface area contributed by atoms with E-state index < -0.39 is 5.97 Å². The maximum Gasteiger partial charge on any atom is 0.336 e. The second kappa shape index (κ2) is 5.16. The molecule has 2 heterocycles. The minimum atomic E-state index is -0.980. The number of rotatable bonds is 2. The van der Waals surface area contributed by atoms with Crippen molar-refractivity contribution in [2.24, 2.45) is 0 Å². The van der Waals surface area contributed by atoms with Crippen LogP contribution in [0.4, 0.5) is 0 Å². The fourth-order valence-corrected chi connectivity index (χ4v) is 3.45. The molecule has 0 amide bonds. The van der Waals surface area contributed by atoms with Crippen LogP contribution >= 0.6 is 38.9 Å². The second-order valence-corrected chi connectivity index (χ2v) is 6.53. The topological polar surface area (TPSA) is 50.2 Å². The summed E-state index contributed by atoms with van der Waals surface area (Å²) in [5.74, 6) is -0.980.